The second-order valence-electron chi connectivity index (χ2n) is 13.6. The van der Waals surface area contributed by atoms with E-state index in [1.54, 1.807) is 11.3 Å². The SMILES string of the molecule is c1ccc2cc(-c3cccc4c3oc3ccc5nc(-n6c7ccccc7c7cc(-n8c9ccccc9c9ccccc98)ccc76)sc5c34)ccc2c1. The van der Waals surface area contributed by atoms with E-state index in [0.29, 0.717) is 0 Å². The third-order valence-electron chi connectivity index (χ3n) is 10.8. The summed E-state index contributed by atoms with van der Waals surface area (Å²) in [5.41, 5.74) is 10.8. The summed E-state index contributed by atoms with van der Waals surface area (Å²) in [6.07, 6.45) is 0. The van der Waals surface area contributed by atoms with Gasteiger partial charge in [-0.15, -0.1) is 0 Å². The van der Waals surface area contributed by atoms with Crippen LogP contribution in [-0.2, 0) is 0 Å². The Morgan fingerprint density at radius 1 is 0.481 bits per heavy atom. The molecule has 4 aromatic heterocycles. The Kier molecular flexibility index (Phi) is 5.62. The number of rotatable bonds is 3. The van der Waals surface area contributed by atoms with Gasteiger partial charge in [-0.05, 0) is 70.9 Å². The maximum atomic E-state index is 6.68. The Bertz CT molecular complexity index is 3380. The average molecular weight is 682 g/mol. The molecule has 0 saturated carbocycles. The van der Waals surface area contributed by atoms with Crippen LogP contribution in [0.25, 0.3) is 108 Å². The number of fused-ring (bicyclic) bond motifs is 12. The number of aromatic nitrogens is 3. The second kappa shape index (κ2) is 10.4. The first-order valence-electron chi connectivity index (χ1n) is 17.5. The van der Waals surface area contributed by atoms with Crippen LogP contribution >= 0.6 is 11.3 Å². The fourth-order valence-corrected chi connectivity index (χ4v) is 9.59. The number of hydrogen-bond donors (Lipinski definition) is 0. The monoisotopic (exact) mass is 681 g/mol. The van der Waals surface area contributed by atoms with E-state index >= 15 is 0 Å². The molecule has 0 spiro atoms. The molecule has 0 radical (unpaired) electrons. The summed E-state index contributed by atoms with van der Waals surface area (Å²) in [5.74, 6) is 0. The van der Waals surface area contributed by atoms with Crippen LogP contribution in [0.5, 0.6) is 0 Å². The first-order chi connectivity index (χ1) is 25.8. The number of thiazole rings is 1. The Labute approximate surface area is 301 Å². The van der Waals surface area contributed by atoms with E-state index in [2.05, 4.69) is 173 Å². The highest BCUT2D eigenvalue weighted by Crippen LogP contribution is 2.44. The summed E-state index contributed by atoms with van der Waals surface area (Å²) in [6, 6.07) is 58.7. The third kappa shape index (κ3) is 3.83. The van der Waals surface area contributed by atoms with Crippen LogP contribution in [0.2, 0.25) is 0 Å². The van der Waals surface area contributed by atoms with E-state index in [4.69, 9.17) is 9.40 Å². The molecule has 4 heterocycles. The van der Waals surface area contributed by atoms with E-state index in [9.17, 15) is 0 Å². The standard InChI is InChI=1S/C47H27N3OS/c1-2-11-29-26-30(21-20-28(29)10-1)32-15-9-16-36-44-43(51-45(32)36)25-23-38-46(44)52-47(48-38)50-41-19-8-5-14-35(41)37-27-31(22-24-42(37)50)49-39-17-6-3-12-33(39)34-13-4-7-18-40(34)49/h1-27H. The van der Waals surface area contributed by atoms with Crippen molar-refractivity contribution >= 4 is 97.9 Å². The van der Waals surface area contributed by atoms with Crippen molar-refractivity contribution in [2.24, 2.45) is 0 Å². The normalized spacial score (nSPS) is 12.2. The fraction of sp³-hybridized carbons (Fsp3) is 0. The molecule has 4 nitrogen and oxygen atoms in total. The lowest BCUT2D eigenvalue weighted by Crippen LogP contribution is -1.95. The van der Waals surface area contributed by atoms with Crippen LogP contribution in [0.3, 0.4) is 0 Å². The van der Waals surface area contributed by atoms with Crippen LogP contribution < -0.4 is 0 Å². The van der Waals surface area contributed by atoms with Crippen LogP contribution in [0.15, 0.2) is 168 Å². The topological polar surface area (TPSA) is 35.9 Å². The summed E-state index contributed by atoms with van der Waals surface area (Å²) < 4.78 is 12.5. The maximum Gasteiger partial charge on any atom is 0.195 e. The minimum atomic E-state index is 0.879. The van der Waals surface area contributed by atoms with Crippen LogP contribution in [0.4, 0.5) is 0 Å². The maximum absolute atomic E-state index is 6.68. The highest BCUT2D eigenvalue weighted by atomic mass is 32.1. The summed E-state index contributed by atoms with van der Waals surface area (Å²) in [7, 11) is 0. The van der Waals surface area contributed by atoms with Gasteiger partial charge in [-0.1, -0.05) is 121 Å². The van der Waals surface area contributed by atoms with E-state index in [1.807, 2.05) is 0 Å². The van der Waals surface area contributed by atoms with E-state index in [0.717, 1.165) is 65.1 Å². The molecule has 0 atom stereocenters. The van der Waals surface area contributed by atoms with Crippen LogP contribution in [0.1, 0.15) is 0 Å². The first kappa shape index (κ1) is 28.1. The minimum absolute atomic E-state index is 0.879. The van der Waals surface area contributed by atoms with Gasteiger partial charge in [0.15, 0.2) is 5.13 Å². The van der Waals surface area contributed by atoms with Gasteiger partial charge in [0.1, 0.15) is 11.2 Å². The molecule has 0 aliphatic heterocycles. The van der Waals surface area contributed by atoms with Crippen molar-refractivity contribution in [2.75, 3.05) is 0 Å². The van der Waals surface area contributed by atoms with E-state index in [1.165, 1.54) is 43.4 Å². The molecule has 0 saturated heterocycles. The number of benzene rings is 8. The van der Waals surface area contributed by atoms with Gasteiger partial charge >= 0.3 is 0 Å². The van der Waals surface area contributed by atoms with Crippen LogP contribution in [0, 0.1) is 0 Å². The predicted octanol–water partition coefficient (Wildman–Crippen LogP) is 13.2. The quantitative estimate of drug-likeness (QED) is 0.186. The molecule has 0 fully saturated rings. The van der Waals surface area contributed by atoms with Crippen molar-refractivity contribution in [2.45, 2.75) is 0 Å². The van der Waals surface area contributed by atoms with Gasteiger partial charge in [0.25, 0.3) is 0 Å². The van der Waals surface area contributed by atoms with Gasteiger partial charge in [0, 0.05) is 43.6 Å². The van der Waals surface area contributed by atoms with Gasteiger partial charge < -0.3 is 8.98 Å². The molecule has 0 amide bonds. The Balaban J connectivity index is 1.07. The molecule has 0 aliphatic rings. The van der Waals surface area contributed by atoms with Gasteiger partial charge in [0.2, 0.25) is 0 Å². The summed E-state index contributed by atoms with van der Waals surface area (Å²) in [5, 5.41) is 10.6. The van der Waals surface area contributed by atoms with E-state index in [-0.39, 0.29) is 0 Å². The molecule has 0 aliphatic carbocycles. The Morgan fingerprint density at radius 3 is 1.92 bits per heavy atom. The zero-order valence-corrected chi connectivity index (χ0v) is 28.6. The van der Waals surface area contributed by atoms with Gasteiger partial charge in [0.05, 0.1) is 32.3 Å². The zero-order valence-electron chi connectivity index (χ0n) is 27.7. The first-order valence-corrected chi connectivity index (χ1v) is 18.4. The molecule has 0 N–H and O–H groups in total. The fourth-order valence-electron chi connectivity index (χ4n) is 8.44. The Hall–Kier alpha value is -6.69. The molecular weight excluding hydrogens is 655 g/mol. The summed E-state index contributed by atoms with van der Waals surface area (Å²) >= 11 is 1.73. The molecular formula is C47H27N3OS. The number of para-hydroxylation sites is 4. The van der Waals surface area contributed by atoms with Gasteiger partial charge in [-0.2, -0.15) is 0 Å². The lowest BCUT2D eigenvalue weighted by molar-refractivity contribution is 0.670. The Morgan fingerprint density at radius 2 is 1.13 bits per heavy atom. The number of furan rings is 1. The van der Waals surface area contributed by atoms with Crippen molar-refractivity contribution in [3.05, 3.63) is 164 Å². The largest absolute Gasteiger partial charge is 0.455 e. The lowest BCUT2D eigenvalue weighted by atomic mass is 9.99. The molecule has 5 heteroatoms. The van der Waals surface area contributed by atoms with Gasteiger partial charge in [-0.25, -0.2) is 4.98 Å². The highest BCUT2D eigenvalue weighted by Gasteiger charge is 2.21. The third-order valence-corrected chi connectivity index (χ3v) is 11.8. The molecule has 52 heavy (non-hydrogen) atoms. The minimum Gasteiger partial charge on any atom is -0.455 e. The highest BCUT2D eigenvalue weighted by molar-refractivity contribution is 7.22. The van der Waals surface area contributed by atoms with Crippen molar-refractivity contribution in [1.82, 2.24) is 14.1 Å². The van der Waals surface area contributed by atoms with Gasteiger partial charge in [-0.3, -0.25) is 4.57 Å². The number of nitrogens with zero attached hydrogens (tertiary/aromatic N) is 3. The predicted molar refractivity (Wildman–Crippen MR) is 219 cm³/mol. The molecule has 8 aromatic carbocycles. The smallest absolute Gasteiger partial charge is 0.195 e. The van der Waals surface area contributed by atoms with Crippen molar-refractivity contribution < 1.29 is 4.42 Å². The molecule has 12 rings (SSSR count). The second-order valence-corrected chi connectivity index (χ2v) is 14.5. The molecule has 12 aromatic rings. The lowest BCUT2D eigenvalue weighted by Gasteiger charge is -2.09. The molecule has 0 unspecified atom stereocenters. The average Bonchev–Trinajstić information content (AvgIpc) is 3.96. The van der Waals surface area contributed by atoms with E-state index < -0.39 is 0 Å². The summed E-state index contributed by atoms with van der Waals surface area (Å²) in [4.78, 5) is 5.30. The number of hydrogen-bond acceptors (Lipinski definition) is 3. The zero-order chi connectivity index (χ0) is 33.9. The van der Waals surface area contributed by atoms with Crippen LogP contribution in [-0.4, -0.2) is 14.1 Å². The summed E-state index contributed by atoms with van der Waals surface area (Å²) in [6.45, 7) is 0. The van der Waals surface area contributed by atoms with Crippen molar-refractivity contribution in [3.8, 4) is 21.9 Å². The molecule has 242 valence electrons. The van der Waals surface area contributed by atoms with Crippen molar-refractivity contribution in [3.63, 3.8) is 0 Å². The van der Waals surface area contributed by atoms with Crippen molar-refractivity contribution in [1.29, 1.82) is 0 Å². The molecule has 0 bridgehead atoms.